The van der Waals surface area contributed by atoms with Gasteiger partial charge in [0.1, 0.15) is 11.2 Å². The van der Waals surface area contributed by atoms with Crippen molar-refractivity contribution in [3.63, 3.8) is 0 Å². The Morgan fingerprint density at radius 1 is 1.25 bits per heavy atom. The normalized spacial score (nSPS) is 16.4. The molecule has 0 aliphatic carbocycles. The molecule has 152 valence electrons. The average molecular weight is 386 g/mol. The van der Waals surface area contributed by atoms with Gasteiger partial charge in [-0.05, 0) is 24.5 Å². The molecule has 2 aromatic heterocycles. The van der Waals surface area contributed by atoms with Crippen molar-refractivity contribution in [2.75, 3.05) is 32.8 Å². The number of morpholine rings is 1. The first-order chi connectivity index (χ1) is 13.5. The van der Waals surface area contributed by atoms with Gasteiger partial charge in [0.15, 0.2) is 0 Å². The minimum Gasteiger partial charge on any atom is -0.379 e. The molecule has 1 saturated heterocycles. The summed E-state index contributed by atoms with van der Waals surface area (Å²) >= 11 is 0. The molecule has 0 spiro atoms. The molecule has 1 amide bonds. The molecule has 28 heavy (non-hydrogen) atoms. The predicted molar refractivity (Wildman–Crippen MR) is 109 cm³/mol. The zero-order valence-electron chi connectivity index (χ0n) is 17.0. The molecule has 1 N–H and O–H groups in total. The largest absolute Gasteiger partial charge is 0.379 e. The summed E-state index contributed by atoms with van der Waals surface area (Å²) in [5.74, 6) is 0.120. The number of fused-ring (bicyclic) bond motifs is 1. The zero-order chi connectivity index (χ0) is 20.1. The van der Waals surface area contributed by atoms with E-state index in [4.69, 9.17) is 4.74 Å². The van der Waals surface area contributed by atoms with Gasteiger partial charge in [0.25, 0.3) is 11.5 Å². The van der Waals surface area contributed by atoms with Crippen LogP contribution in [-0.2, 0) is 4.74 Å². The van der Waals surface area contributed by atoms with E-state index >= 15 is 0 Å². The molecule has 1 fully saturated rings. The molecule has 3 heterocycles. The number of nitrogens with one attached hydrogen (secondary N) is 1. The third-order valence-corrected chi connectivity index (χ3v) is 5.67. The third-order valence-electron chi connectivity index (χ3n) is 5.67. The Balaban J connectivity index is 1.78. The Labute approximate surface area is 165 Å². The van der Waals surface area contributed by atoms with Gasteiger partial charge < -0.3 is 10.1 Å². The Bertz CT molecular complexity index is 870. The van der Waals surface area contributed by atoms with Crippen molar-refractivity contribution >= 4 is 11.6 Å². The van der Waals surface area contributed by atoms with E-state index in [1.54, 1.807) is 12.3 Å². The lowest BCUT2D eigenvalue weighted by Gasteiger charge is -2.38. The van der Waals surface area contributed by atoms with Crippen LogP contribution in [0.25, 0.3) is 5.65 Å². The summed E-state index contributed by atoms with van der Waals surface area (Å²) in [6, 6.07) is 3.91. The van der Waals surface area contributed by atoms with Crippen LogP contribution >= 0.6 is 0 Å². The summed E-state index contributed by atoms with van der Waals surface area (Å²) in [7, 11) is 0. The van der Waals surface area contributed by atoms with Crippen LogP contribution in [0, 0.1) is 12.8 Å². The quantitative estimate of drug-likeness (QED) is 0.786. The third kappa shape index (κ3) is 4.42. The van der Waals surface area contributed by atoms with Crippen LogP contribution in [0.1, 0.15) is 42.6 Å². The van der Waals surface area contributed by atoms with Crippen LogP contribution in [0.15, 0.2) is 29.3 Å². The summed E-state index contributed by atoms with van der Waals surface area (Å²) in [4.78, 5) is 32.2. The first-order valence-corrected chi connectivity index (χ1v) is 10.1. The van der Waals surface area contributed by atoms with Crippen molar-refractivity contribution in [2.45, 2.75) is 39.7 Å². The van der Waals surface area contributed by atoms with E-state index in [1.165, 1.54) is 10.6 Å². The summed E-state index contributed by atoms with van der Waals surface area (Å²) in [6.07, 6.45) is 5.19. The van der Waals surface area contributed by atoms with Crippen LogP contribution in [-0.4, -0.2) is 59.1 Å². The van der Waals surface area contributed by atoms with Crippen molar-refractivity contribution in [3.05, 3.63) is 46.0 Å². The van der Waals surface area contributed by atoms with Gasteiger partial charge in [-0.25, -0.2) is 4.98 Å². The van der Waals surface area contributed by atoms with E-state index in [2.05, 4.69) is 29.0 Å². The maximum Gasteiger partial charge on any atom is 0.270 e. The first-order valence-electron chi connectivity index (χ1n) is 10.1. The Kier molecular flexibility index (Phi) is 6.80. The topological polar surface area (TPSA) is 75.9 Å². The number of hydrogen-bond donors (Lipinski definition) is 1. The van der Waals surface area contributed by atoms with Gasteiger partial charge in [0, 0.05) is 38.1 Å². The lowest BCUT2D eigenvalue weighted by Crippen LogP contribution is -2.52. The Morgan fingerprint density at radius 3 is 2.64 bits per heavy atom. The van der Waals surface area contributed by atoms with Crippen LogP contribution in [0.5, 0.6) is 0 Å². The maximum atomic E-state index is 12.8. The molecule has 0 bridgehead atoms. The molecule has 1 aliphatic rings. The van der Waals surface area contributed by atoms with Gasteiger partial charge in [-0.1, -0.05) is 32.8 Å². The highest BCUT2D eigenvalue weighted by molar-refractivity contribution is 5.93. The Morgan fingerprint density at radius 2 is 1.96 bits per heavy atom. The number of carbonyl (C=O) groups excluding carboxylic acids is 1. The fourth-order valence-electron chi connectivity index (χ4n) is 3.97. The number of hydrogen-bond acceptors (Lipinski definition) is 5. The summed E-state index contributed by atoms with van der Waals surface area (Å²) in [6.45, 7) is 9.98. The van der Waals surface area contributed by atoms with E-state index in [0.717, 1.165) is 44.7 Å². The second-order valence-electron chi connectivity index (χ2n) is 7.41. The highest BCUT2D eigenvalue weighted by atomic mass is 16.5. The summed E-state index contributed by atoms with van der Waals surface area (Å²) < 4.78 is 6.91. The highest BCUT2D eigenvalue weighted by Crippen LogP contribution is 2.19. The number of carbonyl (C=O) groups is 1. The van der Waals surface area contributed by atoms with Crippen LogP contribution < -0.4 is 10.9 Å². The van der Waals surface area contributed by atoms with Gasteiger partial charge in [0.2, 0.25) is 0 Å². The molecule has 0 radical (unpaired) electrons. The van der Waals surface area contributed by atoms with Crippen LogP contribution in [0.3, 0.4) is 0 Å². The molecule has 1 aliphatic heterocycles. The molecule has 1 atom stereocenters. The molecule has 2 aromatic rings. The van der Waals surface area contributed by atoms with E-state index in [-0.39, 0.29) is 23.1 Å². The molecule has 0 saturated carbocycles. The van der Waals surface area contributed by atoms with E-state index < -0.39 is 0 Å². The van der Waals surface area contributed by atoms with Crippen molar-refractivity contribution < 1.29 is 9.53 Å². The second kappa shape index (κ2) is 9.30. The average Bonchev–Trinajstić information content (AvgIpc) is 2.72. The minimum atomic E-state index is -0.363. The number of aryl methyl sites for hydroxylation is 1. The smallest absolute Gasteiger partial charge is 0.270 e. The van der Waals surface area contributed by atoms with Crippen molar-refractivity contribution in [1.82, 2.24) is 19.6 Å². The predicted octanol–water partition coefficient (Wildman–Crippen LogP) is 1.87. The standard InChI is InChI=1S/C21H30N4O3/c1-4-16(5-2)18(24-8-10-28-11-9-24)13-23-20(26)17-12-22-19-7-6-15(3)14-25(19)21(17)27/h6-7,12,14,16,18H,4-5,8-11,13H2,1-3H3,(H,23,26). The van der Waals surface area contributed by atoms with Gasteiger partial charge in [0.05, 0.1) is 13.2 Å². The van der Waals surface area contributed by atoms with Crippen LogP contribution in [0.2, 0.25) is 0 Å². The van der Waals surface area contributed by atoms with E-state index in [9.17, 15) is 9.59 Å². The maximum absolute atomic E-state index is 12.8. The molecule has 7 nitrogen and oxygen atoms in total. The summed E-state index contributed by atoms with van der Waals surface area (Å²) in [5, 5.41) is 2.99. The number of amides is 1. The SMILES string of the molecule is CCC(CC)C(CNC(=O)c1cnc2ccc(C)cn2c1=O)N1CCOCC1. The fourth-order valence-corrected chi connectivity index (χ4v) is 3.97. The van der Waals surface area contributed by atoms with Crippen molar-refractivity contribution in [3.8, 4) is 0 Å². The van der Waals surface area contributed by atoms with Crippen molar-refractivity contribution in [1.29, 1.82) is 0 Å². The number of rotatable bonds is 7. The Hall–Kier alpha value is -2.25. The summed E-state index contributed by atoms with van der Waals surface area (Å²) in [5.41, 5.74) is 1.22. The van der Waals surface area contributed by atoms with E-state index in [1.807, 2.05) is 13.0 Å². The van der Waals surface area contributed by atoms with E-state index in [0.29, 0.717) is 18.1 Å². The fraction of sp³-hybridized carbons (Fsp3) is 0.571. The van der Waals surface area contributed by atoms with Crippen molar-refractivity contribution in [2.24, 2.45) is 5.92 Å². The number of pyridine rings is 1. The lowest BCUT2D eigenvalue weighted by atomic mass is 9.92. The molecule has 7 heteroatoms. The second-order valence-corrected chi connectivity index (χ2v) is 7.41. The first kappa shape index (κ1) is 20.5. The molecular formula is C21H30N4O3. The molecule has 1 unspecified atom stereocenters. The molecule has 3 rings (SSSR count). The minimum absolute atomic E-state index is 0.0772. The molecule has 0 aromatic carbocycles. The van der Waals surface area contributed by atoms with Gasteiger partial charge in [-0.15, -0.1) is 0 Å². The van der Waals surface area contributed by atoms with Gasteiger partial charge >= 0.3 is 0 Å². The lowest BCUT2D eigenvalue weighted by molar-refractivity contribution is 0.00191. The number of aromatic nitrogens is 2. The monoisotopic (exact) mass is 386 g/mol. The van der Waals surface area contributed by atoms with Crippen LogP contribution in [0.4, 0.5) is 0 Å². The molecular weight excluding hydrogens is 356 g/mol. The number of ether oxygens (including phenoxy) is 1. The highest BCUT2D eigenvalue weighted by Gasteiger charge is 2.27. The van der Waals surface area contributed by atoms with Gasteiger partial charge in [-0.3, -0.25) is 18.9 Å². The number of nitrogens with zero attached hydrogens (tertiary/aromatic N) is 3. The zero-order valence-corrected chi connectivity index (χ0v) is 17.0. The van der Waals surface area contributed by atoms with Gasteiger partial charge in [-0.2, -0.15) is 0 Å².